The SMILES string of the molecule is COc1ccc(O)c(/C=N\NC(=O)Cc2ccc3c(c2)OCO3)c1. The molecule has 124 valence electrons. The number of benzene rings is 2. The van der Waals surface area contributed by atoms with Gasteiger partial charge in [0.15, 0.2) is 11.5 Å². The Hall–Kier alpha value is -3.22. The van der Waals surface area contributed by atoms with Gasteiger partial charge in [0.25, 0.3) is 0 Å². The van der Waals surface area contributed by atoms with Gasteiger partial charge in [-0.1, -0.05) is 6.07 Å². The van der Waals surface area contributed by atoms with Gasteiger partial charge < -0.3 is 19.3 Å². The van der Waals surface area contributed by atoms with Crippen LogP contribution >= 0.6 is 0 Å². The molecule has 0 aliphatic carbocycles. The van der Waals surface area contributed by atoms with Gasteiger partial charge in [-0.15, -0.1) is 0 Å². The number of nitrogens with zero attached hydrogens (tertiary/aromatic N) is 1. The van der Waals surface area contributed by atoms with E-state index in [1.807, 2.05) is 0 Å². The van der Waals surface area contributed by atoms with Crippen LogP contribution in [0.3, 0.4) is 0 Å². The van der Waals surface area contributed by atoms with Crippen molar-refractivity contribution in [2.24, 2.45) is 5.10 Å². The van der Waals surface area contributed by atoms with E-state index in [4.69, 9.17) is 14.2 Å². The number of nitrogens with one attached hydrogen (secondary N) is 1. The number of phenolic OH excluding ortho intramolecular Hbond substituents is 1. The summed E-state index contributed by atoms with van der Waals surface area (Å²) in [6, 6.07) is 10.1. The second kappa shape index (κ2) is 6.91. The molecular formula is C17H16N2O5. The molecule has 2 aromatic carbocycles. The molecular weight excluding hydrogens is 312 g/mol. The Kier molecular flexibility index (Phi) is 4.51. The molecule has 1 amide bonds. The zero-order valence-electron chi connectivity index (χ0n) is 13.0. The zero-order valence-corrected chi connectivity index (χ0v) is 13.0. The van der Waals surface area contributed by atoms with E-state index in [1.165, 1.54) is 19.4 Å². The van der Waals surface area contributed by atoms with Gasteiger partial charge in [0.05, 0.1) is 19.7 Å². The van der Waals surface area contributed by atoms with Crippen LogP contribution < -0.4 is 19.6 Å². The highest BCUT2D eigenvalue weighted by Crippen LogP contribution is 2.32. The molecule has 0 atom stereocenters. The number of fused-ring (bicyclic) bond motifs is 1. The van der Waals surface area contributed by atoms with Crippen LogP contribution in [0.5, 0.6) is 23.0 Å². The van der Waals surface area contributed by atoms with Crippen LogP contribution in [0.25, 0.3) is 0 Å². The van der Waals surface area contributed by atoms with Crippen LogP contribution in [0.15, 0.2) is 41.5 Å². The quantitative estimate of drug-likeness (QED) is 0.645. The zero-order chi connectivity index (χ0) is 16.9. The predicted molar refractivity (Wildman–Crippen MR) is 86.7 cm³/mol. The van der Waals surface area contributed by atoms with Crippen LogP contribution in [0, 0.1) is 0 Å². The minimum atomic E-state index is -0.285. The largest absolute Gasteiger partial charge is 0.507 e. The lowest BCUT2D eigenvalue weighted by atomic mass is 10.1. The molecule has 0 aromatic heterocycles. The summed E-state index contributed by atoms with van der Waals surface area (Å²) >= 11 is 0. The number of ether oxygens (including phenoxy) is 3. The fourth-order valence-electron chi connectivity index (χ4n) is 2.21. The standard InChI is InChI=1S/C17H16N2O5/c1-22-13-3-4-14(20)12(8-13)9-18-19-17(21)7-11-2-5-15-16(6-11)24-10-23-15/h2-6,8-9,20H,7,10H2,1H3,(H,19,21)/b18-9-. The summed E-state index contributed by atoms with van der Waals surface area (Å²) in [7, 11) is 1.53. The highest BCUT2D eigenvalue weighted by atomic mass is 16.7. The summed E-state index contributed by atoms with van der Waals surface area (Å²) < 4.78 is 15.6. The summed E-state index contributed by atoms with van der Waals surface area (Å²) in [4.78, 5) is 11.9. The number of carbonyl (C=O) groups is 1. The van der Waals surface area contributed by atoms with Gasteiger partial charge in [-0.25, -0.2) is 5.43 Å². The van der Waals surface area contributed by atoms with E-state index in [1.54, 1.807) is 30.3 Å². The molecule has 0 radical (unpaired) electrons. The van der Waals surface area contributed by atoms with Gasteiger partial charge in [-0.05, 0) is 35.9 Å². The Morgan fingerprint density at radius 3 is 2.96 bits per heavy atom. The van der Waals surface area contributed by atoms with Crippen molar-refractivity contribution in [3.05, 3.63) is 47.5 Å². The Labute approximate surface area is 138 Å². The van der Waals surface area contributed by atoms with E-state index in [2.05, 4.69) is 10.5 Å². The topological polar surface area (TPSA) is 89.4 Å². The van der Waals surface area contributed by atoms with Crippen molar-refractivity contribution in [1.29, 1.82) is 0 Å². The molecule has 1 aliphatic heterocycles. The van der Waals surface area contributed by atoms with Crippen LogP contribution in [0.2, 0.25) is 0 Å². The van der Waals surface area contributed by atoms with Gasteiger partial charge in [0.1, 0.15) is 11.5 Å². The number of methoxy groups -OCH3 is 1. The van der Waals surface area contributed by atoms with E-state index < -0.39 is 0 Å². The summed E-state index contributed by atoms with van der Waals surface area (Å²) in [5, 5.41) is 13.6. The normalized spacial score (nSPS) is 12.4. The Morgan fingerprint density at radius 2 is 2.12 bits per heavy atom. The fraction of sp³-hybridized carbons (Fsp3) is 0.176. The Balaban J connectivity index is 1.59. The second-order valence-electron chi connectivity index (χ2n) is 5.08. The molecule has 7 nitrogen and oxygen atoms in total. The molecule has 2 aromatic rings. The van der Waals surface area contributed by atoms with Crippen molar-refractivity contribution in [3.8, 4) is 23.0 Å². The number of hydrogen-bond acceptors (Lipinski definition) is 6. The average Bonchev–Trinajstić information content (AvgIpc) is 3.04. The van der Waals surface area contributed by atoms with Gasteiger partial charge in [0, 0.05) is 5.56 Å². The second-order valence-corrected chi connectivity index (χ2v) is 5.08. The van der Waals surface area contributed by atoms with Crippen molar-refractivity contribution < 1.29 is 24.1 Å². The average molecular weight is 328 g/mol. The first-order chi connectivity index (χ1) is 11.7. The molecule has 0 saturated carbocycles. The van der Waals surface area contributed by atoms with E-state index in [0.717, 1.165) is 5.56 Å². The van der Waals surface area contributed by atoms with Crippen molar-refractivity contribution in [2.45, 2.75) is 6.42 Å². The molecule has 24 heavy (non-hydrogen) atoms. The number of aromatic hydroxyl groups is 1. The number of hydrazone groups is 1. The lowest BCUT2D eigenvalue weighted by molar-refractivity contribution is -0.120. The van der Waals surface area contributed by atoms with Crippen molar-refractivity contribution in [2.75, 3.05) is 13.9 Å². The molecule has 1 aliphatic rings. The van der Waals surface area contributed by atoms with E-state index in [-0.39, 0.29) is 24.9 Å². The molecule has 0 saturated heterocycles. The summed E-state index contributed by atoms with van der Waals surface area (Å²) in [6.07, 6.45) is 1.51. The molecule has 1 heterocycles. The first kappa shape index (κ1) is 15.7. The van der Waals surface area contributed by atoms with Gasteiger partial charge in [0.2, 0.25) is 12.7 Å². The fourth-order valence-corrected chi connectivity index (χ4v) is 2.21. The molecule has 0 spiro atoms. The third kappa shape index (κ3) is 3.57. The van der Waals surface area contributed by atoms with E-state index in [9.17, 15) is 9.90 Å². The highest BCUT2D eigenvalue weighted by Gasteiger charge is 2.14. The number of amides is 1. The number of hydrogen-bond donors (Lipinski definition) is 2. The summed E-state index contributed by atoms with van der Waals surface area (Å²) in [5.41, 5.74) is 3.65. The molecule has 3 rings (SSSR count). The molecule has 0 unspecified atom stereocenters. The van der Waals surface area contributed by atoms with Crippen molar-refractivity contribution in [1.82, 2.24) is 5.43 Å². The number of rotatable bonds is 5. The summed E-state index contributed by atoms with van der Waals surface area (Å²) in [6.45, 7) is 0.194. The van der Waals surface area contributed by atoms with Crippen LogP contribution in [0.4, 0.5) is 0 Å². The highest BCUT2D eigenvalue weighted by molar-refractivity contribution is 5.86. The molecule has 0 bridgehead atoms. The maximum Gasteiger partial charge on any atom is 0.244 e. The minimum absolute atomic E-state index is 0.0459. The smallest absolute Gasteiger partial charge is 0.244 e. The number of carbonyl (C=O) groups excluding carboxylic acids is 1. The van der Waals surface area contributed by atoms with E-state index in [0.29, 0.717) is 22.8 Å². The molecule has 7 heteroatoms. The van der Waals surface area contributed by atoms with Crippen molar-refractivity contribution >= 4 is 12.1 Å². The Bertz CT molecular complexity index is 789. The number of phenols is 1. The molecule has 0 fully saturated rings. The van der Waals surface area contributed by atoms with Gasteiger partial charge in [-0.2, -0.15) is 5.10 Å². The maximum absolute atomic E-state index is 11.9. The third-order valence-electron chi connectivity index (χ3n) is 3.43. The first-order valence-electron chi connectivity index (χ1n) is 7.23. The van der Waals surface area contributed by atoms with Gasteiger partial charge >= 0.3 is 0 Å². The first-order valence-corrected chi connectivity index (χ1v) is 7.23. The lowest BCUT2D eigenvalue weighted by Gasteiger charge is -2.04. The van der Waals surface area contributed by atoms with Crippen molar-refractivity contribution in [3.63, 3.8) is 0 Å². The maximum atomic E-state index is 11.9. The Morgan fingerprint density at radius 1 is 1.29 bits per heavy atom. The minimum Gasteiger partial charge on any atom is -0.507 e. The third-order valence-corrected chi connectivity index (χ3v) is 3.43. The van der Waals surface area contributed by atoms with Crippen LogP contribution in [-0.2, 0) is 11.2 Å². The van der Waals surface area contributed by atoms with Crippen LogP contribution in [0.1, 0.15) is 11.1 Å². The van der Waals surface area contributed by atoms with Crippen LogP contribution in [-0.4, -0.2) is 31.1 Å². The van der Waals surface area contributed by atoms with E-state index >= 15 is 0 Å². The lowest BCUT2D eigenvalue weighted by Crippen LogP contribution is -2.19. The van der Waals surface area contributed by atoms with Gasteiger partial charge in [-0.3, -0.25) is 4.79 Å². The monoisotopic (exact) mass is 328 g/mol. The molecule has 2 N–H and O–H groups in total. The summed E-state index contributed by atoms with van der Waals surface area (Å²) in [5.74, 6) is 1.65. The predicted octanol–water partition coefficient (Wildman–Crippen LogP) is 1.82.